The zero-order valence-corrected chi connectivity index (χ0v) is 15.9. The standard InChI is InChI=1S/C21H21Cl2NO2/c22-15-6-7-17(18(23)12-15)21(8-10-26-11-9-21)20(25)24-19-13-16(19)14-4-2-1-3-5-14/h1-7,12,16,19H,8-11,13H2,(H,24,25)/t16-,19+/m1/s1. The third kappa shape index (κ3) is 3.36. The van der Waals surface area contributed by atoms with Crippen molar-refractivity contribution in [2.24, 2.45) is 0 Å². The number of carbonyl (C=O) groups is 1. The van der Waals surface area contributed by atoms with Crippen molar-refractivity contribution in [3.05, 3.63) is 69.7 Å². The summed E-state index contributed by atoms with van der Waals surface area (Å²) in [5, 5.41) is 4.39. The summed E-state index contributed by atoms with van der Waals surface area (Å²) in [5.74, 6) is 0.450. The summed E-state index contributed by atoms with van der Waals surface area (Å²) < 4.78 is 5.52. The third-order valence-corrected chi connectivity index (χ3v) is 6.11. The molecule has 2 aromatic carbocycles. The number of nitrogens with one attached hydrogen (secondary N) is 1. The molecule has 1 saturated carbocycles. The first kappa shape index (κ1) is 17.8. The molecule has 136 valence electrons. The van der Waals surface area contributed by atoms with Crippen LogP contribution in [0.4, 0.5) is 0 Å². The van der Waals surface area contributed by atoms with Crippen LogP contribution in [0.5, 0.6) is 0 Å². The first-order valence-electron chi connectivity index (χ1n) is 8.99. The predicted octanol–water partition coefficient (Wildman–Crippen LogP) is 4.71. The highest BCUT2D eigenvalue weighted by molar-refractivity contribution is 6.35. The Hall–Kier alpha value is -1.55. The third-order valence-electron chi connectivity index (χ3n) is 5.56. The summed E-state index contributed by atoms with van der Waals surface area (Å²) in [6, 6.07) is 15.9. The highest BCUT2D eigenvalue weighted by atomic mass is 35.5. The van der Waals surface area contributed by atoms with Gasteiger partial charge in [-0.3, -0.25) is 4.79 Å². The van der Waals surface area contributed by atoms with Crippen LogP contribution in [-0.2, 0) is 14.9 Å². The molecule has 2 atom stereocenters. The molecule has 0 unspecified atom stereocenters. The fourth-order valence-electron chi connectivity index (χ4n) is 3.95. The van der Waals surface area contributed by atoms with Crippen LogP contribution in [0.25, 0.3) is 0 Å². The molecule has 5 heteroatoms. The van der Waals surface area contributed by atoms with Crippen LogP contribution >= 0.6 is 23.2 Å². The van der Waals surface area contributed by atoms with Gasteiger partial charge in [0.15, 0.2) is 0 Å². The van der Waals surface area contributed by atoms with E-state index in [1.807, 2.05) is 24.3 Å². The Labute approximate surface area is 163 Å². The first-order valence-corrected chi connectivity index (χ1v) is 9.75. The topological polar surface area (TPSA) is 38.3 Å². The van der Waals surface area contributed by atoms with Crippen LogP contribution in [0.1, 0.15) is 36.3 Å². The highest BCUT2D eigenvalue weighted by Gasteiger charge is 2.47. The SMILES string of the molecule is O=C(N[C@H]1C[C@@H]1c1ccccc1)C1(c2ccc(Cl)cc2Cl)CCOCC1. The molecular weight excluding hydrogens is 369 g/mol. The molecule has 2 fully saturated rings. The van der Waals surface area contributed by atoms with Crippen LogP contribution in [-0.4, -0.2) is 25.2 Å². The number of carbonyl (C=O) groups excluding carboxylic acids is 1. The Morgan fingerprint density at radius 1 is 1.08 bits per heavy atom. The fourth-order valence-corrected chi connectivity index (χ4v) is 4.54. The van der Waals surface area contributed by atoms with Crippen molar-refractivity contribution in [1.82, 2.24) is 5.32 Å². The van der Waals surface area contributed by atoms with Gasteiger partial charge >= 0.3 is 0 Å². The molecule has 1 heterocycles. The maximum absolute atomic E-state index is 13.3. The van der Waals surface area contributed by atoms with Crippen molar-refractivity contribution >= 4 is 29.1 Å². The van der Waals surface area contributed by atoms with Gasteiger partial charge in [0.2, 0.25) is 5.91 Å². The molecule has 4 rings (SSSR count). The average molecular weight is 390 g/mol. The van der Waals surface area contributed by atoms with Gasteiger partial charge in [0.05, 0.1) is 5.41 Å². The molecular formula is C21H21Cl2NO2. The molecule has 1 aliphatic carbocycles. The van der Waals surface area contributed by atoms with Crippen molar-refractivity contribution in [2.75, 3.05) is 13.2 Å². The Balaban J connectivity index is 1.56. The summed E-state index contributed by atoms with van der Waals surface area (Å²) in [7, 11) is 0. The molecule has 0 spiro atoms. The van der Waals surface area contributed by atoms with E-state index in [4.69, 9.17) is 27.9 Å². The molecule has 1 aliphatic heterocycles. The molecule has 0 bridgehead atoms. The van der Waals surface area contributed by atoms with Gasteiger partial charge < -0.3 is 10.1 Å². The van der Waals surface area contributed by atoms with Gasteiger partial charge in [-0.2, -0.15) is 0 Å². The summed E-state index contributed by atoms with van der Waals surface area (Å²) in [5.41, 5.74) is 1.48. The summed E-state index contributed by atoms with van der Waals surface area (Å²) in [6.07, 6.45) is 2.24. The Bertz CT molecular complexity index is 803. The van der Waals surface area contributed by atoms with Crippen molar-refractivity contribution in [2.45, 2.75) is 36.6 Å². The molecule has 0 aromatic heterocycles. The molecule has 1 N–H and O–H groups in total. The Kier molecular flexibility index (Phi) is 4.96. The van der Waals surface area contributed by atoms with Gasteiger partial charge in [-0.25, -0.2) is 0 Å². The minimum atomic E-state index is -0.649. The van der Waals surface area contributed by atoms with Gasteiger partial charge in [-0.15, -0.1) is 0 Å². The highest BCUT2D eigenvalue weighted by Crippen LogP contribution is 2.44. The second-order valence-electron chi connectivity index (χ2n) is 7.15. The molecule has 3 nitrogen and oxygen atoms in total. The lowest BCUT2D eigenvalue weighted by Crippen LogP contribution is -2.49. The van der Waals surface area contributed by atoms with Crippen LogP contribution in [0.2, 0.25) is 10.0 Å². The van der Waals surface area contributed by atoms with Crippen molar-refractivity contribution < 1.29 is 9.53 Å². The van der Waals surface area contributed by atoms with E-state index in [1.165, 1.54) is 5.56 Å². The van der Waals surface area contributed by atoms with Crippen LogP contribution in [0.3, 0.4) is 0 Å². The number of halogens is 2. The van der Waals surface area contributed by atoms with Gasteiger partial charge in [-0.05, 0) is 42.5 Å². The number of rotatable bonds is 4. The van der Waals surface area contributed by atoms with Crippen LogP contribution < -0.4 is 5.32 Å². The van der Waals surface area contributed by atoms with E-state index in [2.05, 4.69) is 17.4 Å². The molecule has 2 aliphatic rings. The monoisotopic (exact) mass is 389 g/mol. The number of hydrogen-bond acceptors (Lipinski definition) is 2. The zero-order valence-electron chi connectivity index (χ0n) is 14.4. The first-order chi connectivity index (χ1) is 12.6. The van der Waals surface area contributed by atoms with E-state index in [1.54, 1.807) is 12.1 Å². The smallest absolute Gasteiger partial charge is 0.231 e. The minimum Gasteiger partial charge on any atom is -0.381 e. The van der Waals surface area contributed by atoms with Gasteiger partial charge in [0.25, 0.3) is 0 Å². The van der Waals surface area contributed by atoms with Gasteiger partial charge in [0, 0.05) is 35.2 Å². The summed E-state index contributed by atoms with van der Waals surface area (Å²) in [4.78, 5) is 13.3. The molecule has 1 saturated heterocycles. The largest absolute Gasteiger partial charge is 0.381 e. The summed E-state index contributed by atoms with van der Waals surface area (Å²) in [6.45, 7) is 1.11. The van der Waals surface area contributed by atoms with E-state index in [-0.39, 0.29) is 11.9 Å². The predicted molar refractivity (Wildman–Crippen MR) is 104 cm³/mol. The van der Waals surface area contributed by atoms with E-state index in [9.17, 15) is 4.79 Å². The zero-order chi connectivity index (χ0) is 18.1. The van der Waals surface area contributed by atoms with Crippen molar-refractivity contribution in [1.29, 1.82) is 0 Å². The van der Waals surface area contributed by atoms with E-state index >= 15 is 0 Å². The van der Waals surface area contributed by atoms with Gasteiger partial charge in [0.1, 0.15) is 0 Å². The lowest BCUT2D eigenvalue weighted by molar-refractivity contribution is -0.130. The van der Waals surface area contributed by atoms with E-state index < -0.39 is 5.41 Å². The van der Waals surface area contributed by atoms with Crippen molar-refractivity contribution in [3.8, 4) is 0 Å². The van der Waals surface area contributed by atoms with E-state index in [0.717, 1.165) is 12.0 Å². The quantitative estimate of drug-likeness (QED) is 0.821. The normalized spacial score (nSPS) is 24.1. The van der Waals surface area contributed by atoms with Crippen LogP contribution in [0, 0.1) is 0 Å². The molecule has 1 amide bonds. The number of amides is 1. The number of hydrogen-bond donors (Lipinski definition) is 1. The fraction of sp³-hybridized carbons (Fsp3) is 0.381. The lowest BCUT2D eigenvalue weighted by atomic mass is 9.73. The second-order valence-corrected chi connectivity index (χ2v) is 8.00. The molecule has 26 heavy (non-hydrogen) atoms. The van der Waals surface area contributed by atoms with Gasteiger partial charge in [-0.1, -0.05) is 59.6 Å². The minimum absolute atomic E-state index is 0.0495. The number of ether oxygens (including phenoxy) is 1. The Morgan fingerprint density at radius 3 is 2.50 bits per heavy atom. The average Bonchev–Trinajstić information content (AvgIpc) is 3.42. The second kappa shape index (κ2) is 7.22. The number of benzene rings is 2. The Morgan fingerprint density at radius 2 is 1.81 bits per heavy atom. The maximum atomic E-state index is 13.3. The lowest BCUT2D eigenvalue weighted by Gasteiger charge is -2.37. The molecule has 0 radical (unpaired) electrons. The van der Waals surface area contributed by atoms with Crippen LogP contribution in [0.15, 0.2) is 48.5 Å². The van der Waals surface area contributed by atoms with Crippen molar-refractivity contribution in [3.63, 3.8) is 0 Å². The van der Waals surface area contributed by atoms with E-state index in [0.29, 0.717) is 42.0 Å². The summed E-state index contributed by atoms with van der Waals surface area (Å²) >= 11 is 12.5. The maximum Gasteiger partial charge on any atom is 0.231 e. The molecule has 2 aromatic rings.